The van der Waals surface area contributed by atoms with E-state index in [4.69, 9.17) is 10.5 Å². The predicted molar refractivity (Wildman–Crippen MR) is 79.0 cm³/mol. The molecule has 3 N–H and O–H groups in total. The number of rotatable bonds is 3. The van der Waals surface area contributed by atoms with E-state index in [1.54, 1.807) is 30.5 Å². The number of carbonyl (C=O) groups is 1. The Kier molecular flexibility index (Phi) is 4.71. The molecule has 0 aliphatic rings. The highest BCUT2D eigenvalue weighted by atomic mass is 32.1. The fourth-order valence-electron chi connectivity index (χ4n) is 1.43. The number of methoxy groups -OCH3 is 1. The van der Waals surface area contributed by atoms with Gasteiger partial charge in [-0.25, -0.2) is 4.98 Å². The Hall–Kier alpha value is -2.36. The second kappa shape index (κ2) is 6.70. The van der Waals surface area contributed by atoms with Gasteiger partial charge in [0, 0.05) is 6.07 Å². The van der Waals surface area contributed by atoms with Crippen LogP contribution in [-0.4, -0.2) is 24.5 Å². The number of anilines is 1. The molecule has 5 nitrogen and oxygen atoms in total. The number of carbonyl (C=O) groups excluding carboxylic acids is 1. The number of pyridine rings is 1. The van der Waals surface area contributed by atoms with E-state index in [0.29, 0.717) is 23.0 Å². The van der Waals surface area contributed by atoms with Gasteiger partial charge in [0.2, 0.25) is 5.88 Å². The number of nitrogens with zero attached hydrogens (tertiary/aromatic N) is 1. The summed E-state index contributed by atoms with van der Waals surface area (Å²) in [5.41, 5.74) is 5.91. The van der Waals surface area contributed by atoms with Crippen LogP contribution in [0.2, 0.25) is 0 Å². The Balaban J connectivity index is 2.05. The summed E-state index contributed by atoms with van der Waals surface area (Å²) in [4.78, 5) is 17.4. The molecule has 2 aromatic rings. The highest BCUT2D eigenvalue weighted by Crippen LogP contribution is 2.18. The lowest BCUT2D eigenvalue weighted by molar-refractivity contribution is 0.103. The third-order valence-corrected chi connectivity index (χ3v) is 3.35. The molecule has 6 heteroatoms. The maximum atomic E-state index is 12.0. The molecule has 0 saturated carbocycles. The van der Waals surface area contributed by atoms with Gasteiger partial charge in [-0.2, -0.15) is 0 Å². The molecule has 2 heterocycles. The zero-order valence-electron chi connectivity index (χ0n) is 10.8. The minimum atomic E-state index is -0.192. The lowest BCUT2D eigenvalue weighted by atomic mass is 10.3. The van der Waals surface area contributed by atoms with E-state index in [2.05, 4.69) is 22.1 Å². The smallest absolute Gasteiger partial charge is 0.265 e. The topological polar surface area (TPSA) is 77.2 Å². The lowest BCUT2D eigenvalue weighted by Gasteiger charge is -2.03. The van der Waals surface area contributed by atoms with Crippen LogP contribution in [0.3, 0.4) is 0 Å². The van der Waals surface area contributed by atoms with E-state index < -0.39 is 0 Å². The Morgan fingerprint density at radius 1 is 1.45 bits per heavy atom. The number of thiophene rings is 1. The monoisotopic (exact) mass is 287 g/mol. The van der Waals surface area contributed by atoms with Crippen molar-refractivity contribution in [3.8, 4) is 17.7 Å². The standard InChI is InChI=1S/C14H13N3O2S/c1-19-13-7-4-10(9-16-13)17-14(18)12-6-5-11(20-12)3-2-8-15/h4-7,9H,8,15H2,1H3,(H,17,18). The van der Waals surface area contributed by atoms with Gasteiger partial charge in [-0.1, -0.05) is 11.8 Å². The van der Waals surface area contributed by atoms with Crippen molar-refractivity contribution in [3.63, 3.8) is 0 Å². The molecule has 2 rings (SSSR count). The zero-order chi connectivity index (χ0) is 14.4. The van der Waals surface area contributed by atoms with Crippen LogP contribution in [0.15, 0.2) is 30.5 Å². The first-order valence-electron chi connectivity index (χ1n) is 5.83. The van der Waals surface area contributed by atoms with Crippen molar-refractivity contribution in [1.29, 1.82) is 0 Å². The molecular weight excluding hydrogens is 274 g/mol. The molecule has 0 aromatic carbocycles. The SMILES string of the molecule is COc1ccc(NC(=O)c2ccc(C#CCN)s2)cn1. The molecule has 0 aliphatic heterocycles. The molecule has 0 atom stereocenters. The third-order valence-electron chi connectivity index (χ3n) is 2.35. The molecule has 0 unspecified atom stereocenters. The van der Waals surface area contributed by atoms with Gasteiger partial charge in [0.1, 0.15) is 0 Å². The number of aromatic nitrogens is 1. The van der Waals surface area contributed by atoms with E-state index in [-0.39, 0.29) is 5.91 Å². The highest BCUT2D eigenvalue weighted by molar-refractivity contribution is 7.14. The van der Waals surface area contributed by atoms with Crippen LogP contribution >= 0.6 is 11.3 Å². The van der Waals surface area contributed by atoms with E-state index in [0.717, 1.165) is 4.88 Å². The van der Waals surface area contributed by atoms with Gasteiger partial charge in [-0.15, -0.1) is 11.3 Å². The van der Waals surface area contributed by atoms with Gasteiger partial charge >= 0.3 is 0 Å². The van der Waals surface area contributed by atoms with Crippen LogP contribution in [0.5, 0.6) is 5.88 Å². The molecule has 0 spiro atoms. The van der Waals surface area contributed by atoms with Crippen LogP contribution < -0.4 is 15.8 Å². The molecule has 0 fully saturated rings. The van der Waals surface area contributed by atoms with Crippen LogP contribution in [0.1, 0.15) is 14.5 Å². The average Bonchev–Trinajstić information content (AvgIpc) is 2.95. The lowest BCUT2D eigenvalue weighted by Crippen LogP contribution is -2.10. The normalized spacial score (nSPS) is 9.50. The minimum absolute atomic E-state index is 0.192. The number of nitrogens with one attached hydrogen (secondary N) is 1. The van der Waals surface area contributed by atoms with Crippen LogP contribution in [0.25, 0.3) is 0 Å². The Morgan fingerprint density at radius 3 is 2.95 bits per heavy atom. The van der Waals surface area contributed by atoms with Gasteiger partial charge in [0.05, 0.1) is 35.3 Å². The van der Waals surface area contributed by atoms with Gasteiger partial charge in [0.25, 0.3) is 5.91 Å². The molecule has 0 aliphatic carbocycles. The van der Waals surface area contributed by atoms with Crippen LogP contribution in [0.4, 0.5) is 5.69 Å². The van der Waals surface area contributed by atoms with E-state index in [1.165, 1.54) is 18.4 Å². The zero-order valence-corrected chi connectivity index (χ0v) is 11.7. The van der Waals surface area contributed by atoms with E-state index in [1.807, 2.05) is 0 Å². The quantitative estimate of drug-likeness (QED) is 0.843. The van der Waals surface area contributed by atoms with Crippen molar-refractivity contribution in [2.75, 3.05) is 19.0 Å². The summed E-state index contributed by atoms with van der Waals surface area (Å²) in [6.07, 6.45) is 1.54. The molecule has 0 bridgehead atoms. The molecule has 102 valence electrons. The van der Waals surface area contributed by atoms with Gasteiger partial charge in [-0.3, -0.25) is 4.79 Å². The molecule has 0 saturated heterocycles. The minimum Gasteiger partial charge on any atom is -0.481 e. The summed E-state index contributed by atoms with van der Waals surface area (Å²) < 4.78 is 4.95. The number of hydrogen-bond donors (Lipinski definition) is 2. The Labute approximate surface area is 120 Å². The fraction of sp³-hybridized carbons (Fsp3) is 0.143. The maximum Gasteiger partial charge on any atom is 0.265 e. The average molecular weight is 287 g/mol. The molecule has 0 radical (unpaired) electrons. The third kappa shape index (κ3) is 3.57. The first-order valence-corrected chi connectivity index (χ1v) is 6.64. The van der Waals surface area contributed by atoms with Gasteiger partial charge in [-0.05, 0) is 18.2 Å². The predicted octanol–water partition coefficient (Wildman–Crippen LogP) is 1.71. The van der Waals surface area contributed by atoms with Crippen LogP contribution in [-0.2, 0) is 0 Å². The van der Waals surface area contributed by atoms with Crippen molar-refractivity contribution < 1.29 is 9.53 Å². The second-order valence-electron chi connectivity index (χ2n) is 3.71. The number of hydrogen-bond acceptors (Lipinski definition) is 5. The summed E-state index contributed by atoms with van der Waals surface area (Å²) in [6.45, 7) is 0.303. The highest BCUT2D eigenvalue weighted by Gasteiger charge is 2.09. The Morgan fingerprint density at radius 2 is 2.30 bits per heavy atom. The summed E-state index contributed by atoms with van der Waals surface area (Å²) in [7, 11) is 1.54. The van der Waals surface area contributed by atoms with Gasteiger partial charge in [0.15, 0.2) is 0 Å². The molecular formula is C14H13N3O2S. The Bertz CT molecular complexity index is 653. The first-order chi connectivity index (χ1) is 9.72. The van der Waals surface area contributed by atoms with Crippen molar-refractivity contribution >= 4 is 22.9 Å². The number of ether oxygens (including phenoxy) is 1. The van der Waals surface area contributed by atoms with Crippen molar-refractivity contribution in [2.45, 2.75) is 0 Å². The maximum absolute atomic E-state index is 12.0. The van der Waals surface area contributed by atoms with E-state index >= 15 is 0 Å². The summed E-state index contributed by atoms with van der Waals surface area (Å²) in [5, 5.41) is 2.76. The molecule has 2 aromatic heterocycles. The first kappa shape index (κ1) is 14.1. The fourth-order valence-corrected chi connectivity index (χ4v) is 2.21. The second-order valence-corrected chi connectivity index (χ2v) is 4.80. The molecule has 20 heavy (non-hydrogen) atoms. The van der Waals surface area contributed by atoms with Gasteiger partial charge < -0.3 is 15.8 Å². The van der Waals surface area contributed by atoms with Crippen LogP contribution in [0, 0.1) is 11.8 Å². The van der Waals surface area contributed by atoms with Crippen molar-refractivity contribution in [1.82, 2.24) is 4.98 Å². The number of nitrogens with two attached hydrogens (primary N) is 1. The summed E-state index contributed by atoms with van der Waals surface area (Å²) in [5.74, 6) is 5.95. The molecule has 1 amide bonds. The van der Waals surface area contributed by atoms with Crippen molar-refractivity contribution in [3.05, 3.63) is 40.2 Å². The summed E-state index contributed by atoms with van der Waals surface area (Å²) in [6, 6.07) is 6.95. The number of amides is 1. The summed E-state index contributed by atoms with van der Waals surface area (Å²) >= 11 is 1.32. The largest absolute Gasteiger partial charge is 0.481 e. The van der Waals surface area contributed by atoms with Crippen molar-refractivity contribution in [2.24, 2.45) is 5.73 Å². The van der Waals surface area contributed by atoms with E-state index in [9.17, 15) is 4.79 Å².